The lowest BCUT2D eigenvalue weighted by Crippen LogP contribution is -2.31. The number of furan rings is 5. The van der Waals surface area contributed by atoms with Crippen molar-refractivity contribution in [1.82, 2.24) is 49.4 Å². The summed E-state index contributed by atoms with van der Waals surface area (Å²) in [7, 11) is 9.97. The van der Waals surface area contributed by atoms with E-state index < -0.39 is 0 Å². The van der Waals surface area contributed by atoms with Crippen LogP contribution in [0.25, 0.3) is 174 Å². The Kier molecular flexibility index (Phi) is 17.4. The lowest BCUT2D eigenvalue weighted by atomic mass is 10.0. The molecular formula is C86H76N15O10+5. The maximum atomic E-state index is 6.13. The summed E-state index contributed by atoms with van der Waals surface area (Å²) in [4.78, 5) is 39.6. The van der Waals surface area contributed by atoms with Gasteiger partial charge in [-0.05, 0) is 138 Å². The van der Waals surface area contributed by atoms with E-state index in [2.05, 4.69) is 162 Å². The number of benzene rings is 6. The van der Waals surface area contributed by atoms with Gasteiger partial charge in [0.1, 0.15) is 71.6 Å². The second-order valence-corrected chi connectivity index (χ2v) is 27.7. The van der Waals surface area contributed by atoms with Gasteiger partial charge in [0.15, 0.2) is 74.5 Å². The molecule has 0 unspecified atom stereocenters. The topological polar surface area (TPSA) is 272 Å². The van der Waals surface area contributed by atoms with Crippen molar-refractivity contribution < 1.29 is 67.0 Å². The summed E-state index contributed by atoms with van der Waals surface area (Å²) in [6, 6.07) is 34.6. The number of hydrogen-bond acceptors (Lipinski definition) is 19. The number of fused-ring (bicyclic) bond motifs is 15. The van der Waals surface area contributed by atoms with Crippen LogP contribution in [0.4, 0.5) is 0 Å². The first-order chi connectivity index (χ1) is 53.6. The van der Waals surface area contributed by atoms with Crippen LogP contribution in [0.15, 0.2) is 215 Å². The van der Waals surface area contributed by atoms with Crippen molar-refractivity contribution in [2.24, 2.45) is 35.2 Å². The molecule has 0 amide bonds. The average molecular weight is 1480 g/mol. The summed E-state index contributed by atoms with van der Waals surface area (Å²) in [5, 5.41) is 4.81. The average Bonchev–Trinajstić information content (AvgIpc) is 1.61. The largest absolute Gasteiger partial charge is 0.437 e. The zero-order chi connectivity index (χ0) is 76.9. The van der Waals surface area contributed by atoms with E-state index in [0.717, 1.165) is 167 Å². The molecule has 0 bridgehead atoms. The third-order valence-electron chi connectivity index (χ3n) is 19.8. The predicted molar refractivity (Wildman–Crippen MR) is 415 cm³/mol. The van der Waals surface area contributed by atoms with E-state index >= 15 is 0 Å². The predicted octanol–water partition coefficient (Wildman–Crippen LogP) is 17.1. The highest BCUT2D eigenvalue weighted by molar-refractivity contribution is 6.09. The molecule has 0 radical (unpaired) electrons. The van der Waals surface area contributed by atoms with Gasteiger partial charge in [-0.1, -0.05) is 36.4 Å². The summed E-state index contributed by atoms with van der Waals surface area (Å²) in [6.07, 6.45) is 21.0. The fourth-order valence-electron chi connectivity index (χ4n) is 14.5. The van der Waals surface area contributed by atoms with Gasteiger partial charge in [-0.25, -0.2) is 38.2 Å². The van der Waals surface area contributed by atoms with Crippen molar-refractivity contribution in [1.29, 1.82) is 0 Å². The van der Waals surface area contributed by atoms with Crippen LogP contribution in [0.3, 0.4) is 0 Å². The number of aryl methyl sites for hydroxylation is 16. The standard InChI is InChI=1S/C22H20N3O2.4C16H14N3O2/c1-13-7-5-6-8-17(13)25-12-11-24(4)21(25)18-14(2)9-10-16-19-22(27-20(16)18)26-15(3)23-19;1-9-5-6-11-13-16(20-10(2)18-13)21-14(11)12(9)15-17-7-4-8-19(15)3;1-9-5-6-11-13(21-16-14(11)20-10(2)18-16)12(9)15-17-7-4-8-19(15)3;1-9-6-12-14(21-16-15(12)18-10(2)20-16)7-11(9)13-8-17-4-5-19(13)3;1-9-7-12-13(21-16-14(12)18-10(2)20-16)8-11(9)15-17-5-4-6-19(15)3/h5-12H,1-4H3;4*4-8H,1-3H3/q5*+1. The number of imidazole rings is 1. The van der Waals surface area contributed by atoms with Gasteiger partial charge in [-0.3, -0.25) is 4.98 Å². The summed E-state index contributed by atoms with van der Waals surface area (Å²) >= 11 is 0. The zero-order valence-electron chi connectivity index (χ0n) is 64.0. The maximum Gasteiger partial charge on any atom is 0.334 e. The molecule has 0 fully saturated rings. The Balaban J connectivity index is 0.000000101. The molecule has 111 heavy (non-hydrogen) atoms. The lowest BCUT2D eigenvalue weighted by Gasteiger charge is -2.08. The monoisotopic (exact) mass is 1480 g/mol. The van der Waals surface area contributed by atoms with Gasteiger partial charge in [-0.2, -0.15) is 14.1 Å². The second-order valence-electron chi connectivity index (χ2n) is 27.7. The van der Waals surface area contributed by atoms with E-state index in [1.807, 2.05) is 168 Å². The minimum Gasteiger partial charge on any atom is -0.437 e. The van der Waals surface area contributed by atoms with Crippen LogP contribution < -0.4 is 22.8 Å². The van der Waals surface area contributed by atoms with Crippen LogP contribution >= 0.6 is 0 Å². The van der Waals surface area contributed by atoms with Crippen molar-refractivity contribution >= 4 is 111 Å². The number of para-hydroxylation sites is 1. The molecule has 15 heterocycles. The molecule has 0 saturated heterocycles. The minimum absolute atomic E-state index is 0.466. The Bertz CT molecular complexity index is 6900. The van der Waals surface area contributed by atoms with Crippen molar-refractivity contribution in [2.45, 2.75) is 76.2 Å². The van der Waals surface area contributed by atoms with Crippen LogP contribution in [0, 0.1) is 76.2 Å². The highest BCUT2D eigenvalue weighted by atomic mass is 16.5. The number of nitrogens with zero attached hydrogens (tertiary/aromatic N) is 15. The van der Waals surface area contributed by atoms with E-state index in [1.165, 1.54) is 5.56 Å². The highest BCUT2D eigenvalue weighted by Gasteiger charge is 2.31. The quantitative estimate of drug-likeness (QED) is 0.140. The molecule has 0 atom stereocenters. The Morgan fingerprint density at radius 1 is 0.324 bits per heavy atom. The molecule has 0 aliphatic carbocycles. The third-order valence-corrected chi connectivity index (χ3v) is 19.8. The Labute approximate surface area is 632 Å². The second kappa shape index (κ2) is 27.6. The van der Waals surface area contributed by atoms with Gasteiger partial charge in [0, 0.05) is 52.8 Å². The van der Waals surface area contributed by atoms with Crippen molar-refractivity contribution in [2.75, 3.05) is 0 Å². The number of hydrogen-bond donors (Lipinski definition) is 0. The van der Waals surface area contributed by atoms with Gasteiger partial charge in [-0.15, -0.1) is 0 Å². The first-order valence-corrected chi connectivity index (χ1v) is 36.0. The summed E-state index contributed by atoms with van der Waals surface area (Å²) < 4.78 is 69.6. The van der Waals surface area contributed by atoms with Crippen molar-refractivity contribution in [3.05, 3.63) is 234 Å². The Hall–Kier alpha value is -14.1. The van der Waals surface area contributed by atoms with Gasteiger partial charge >= 0.3 is 40.6 Å². The van der Waals surface area contributed by atoms with E-state index in [0.29, 0.717) is 63.9 Å². The summed E-state index contributed by atoms with van der Waals surface area (Å²) in [6.45, 7) is 21.6. The normalized spacial score (nSPS) is 11.6. The zero-order valence-corrected chi connectivity index (χ0v) is 64.0. The molecule has 25 nitrogen and oxygen atoms in total. The number of oxazole rings is 5. The molecule has 21 rings (SSSR count). The van der Waals surface area contributed by atoms with Crippen LogP contribution in [0.2, 0.25) is 0 Å². The molecule has 25 heteroatoms. The van der Waals surface area contributed by atoms with Gasteiger partial charge < -0.3 is 44.2 Å². The lowest BCUT2D eigenvalue weighted by molar-refractivity contribution is -0.663. The summed E-state index contributed by atoms with van der Waals surface area (Å²) in [5.41, 5.74) is 22.4. The van der Waals surface area contributed by atoms with Crippen molar-refractivity contribution in [3.8, 4) is 62.5 Å². The molecule has 0 aliphatic heterocycles. The molecule has 550 valence electrons. The van der Waals surface area contributed by atoms with Crippen molar-refractivity contribution in [3.63, 3.8) is 0 Å². The highest BCUT2D eigenvalue weighted by Crippen LogP contribution is 2.42. The number of rotatable bonds is 6. The minimum atomic E-state index is 0.466. The summed E-state index contributed by atoms with van der Waals surface area (Å²) in [5.74, 6) is 8.62. The SMILES string of the molecule is Cc1nc2c(o1)oc1c(-c3n(-c4ccccc4C)cc[n+]3C)c(C)ccc12.Cc1nc2c(o1)oc1c(-c3nccc[n+]3C)c(C)ccc12.Cc1nc2c(o1)oc1cc(-c3cncc[n+]3C)c(C)cc12.Cc1nc2c(o1)oc1cc(-c3nccc[n+]3C)c(C)cc12.Cc1nc2oc3c(-c4nccc[n+]4C)c(C)ccc3c2o1. The van der Waals surface area contributed by atoms with Gasteiger partial charge in [0.05, 0.1) is 97.2 Å². The number of aromatic nitrogens is 15. The van der Waals surface area contributed by atoms with Crippen LogP contribution in [0.1, 0.15) is 62.8 Å². The van der Waals surface area contributed by atoms with Gasteiger partial charge in [0.2, 0.25) is 11.3 Å². The molecule has 21 aromatic rings. The smallest absolute Gasteiger partial charge is 0.334 e. The van der Waals surface area contributed by atoms with E-state index in [1.54, 1.807) is 24.8 Å². The molecule has 0 N–H and O–H groups in total. The van der Waals surface area contributed by atoms with Crippen LogP contribution in [-0.4, -0.2) is 49.4 Å². The van der Waals surface area contributed by atoms with Gasteiger partial charge in [0.25, 0.3) is 11.5 Å². The first-order valence-electron chi connectivity index (χ1n) is 36.0. The molecule has 6 aromatic carbocycles. The molecule has 0 saturated carbocycles. The maximum absolute atomic E-state index is 6.13. The first kappa shape index (κ1) is 69.9. The van der Waals surface area contributed by atoms with E-state index in [4.69, 9.17) is 44.2 Å². The Morgan fingerprint density at radius 2 is 0.775 bits per heavy atom. The molecule has 0 aliphatic rings. The molecular weight excluding hydrogens is 1400 g/mol. The Morgan fingerprint density at radius 3 is 1.30 bits per heavy atom. The molecule has 0 spiro atoms. The van der Waals surface area contributed by atoms with Crippen LogP contribution in [0.5, 0.6) is 0 Å². The molecule has 15 aromatic heterocycles. The third kappa shape index (κ3) is 12.4. The van der Waals surface area contributed by atoms with E-state index in [-0.39, 0.29) is 0 Å². The fraction of sp³-hybridized carbons (Fsp3) is 0.186. The van der Waals surface area contributed by atoms with E-state index in [9.17, 15) is 0 Å². The fourth-order valence-corrected chi connectivity index (χ4v) is 14.5. The van der Waals surface area contributed by atoms with Crippen LogP contribution in [-0.2, 0) is 35.2 Å².